The quantitative estimate of drug-likeness (QED) is 0.285. The van der Waals surface area contributed by atoms with Crippen LogP contribution in [-0.2, 0) is 16.0 Å². The van der Waals surface area contributed by atoms with Crippen molar-refractivity contribution in [3.8, 4) is 0 Å². The number of carbonyl (C=O) groups excluding carboxylic acids is 3. The Morgan fingerprint density at radius 2 is 1.61 bits per heavy atom. The Morgan fingerprint density at radius 1 is 0.944 bits per heavy atom. The second-order valence-corrected chi connectivity index (χ2v) is 9.06. The van der Waals surface area contributed by atoms with E-state index in [1.807, 2.05) is 0 Å². The van der Waals surface area contributed by atoms with Crippen molar-refractivity contribution in [3.63, 3.8) is 0 Å². The standard InChI is InChI=1S/C25H27ClN6O4/c26-17-7-5-16(6-8-17)22(34)28-13-14-29-24(36)25(9-11-27-12-10-25)30-21(33)15-20-18-3-1-2-4-19(18)23(35)32-31-20/h1-8,27H,9-15H2,(H,28,34)(H,29,36)(H,30,33)(H,32,35). The molecule has 2 aromatic carbocycles. The monoisotopic (exact) mass is 510 g/mol. The minimum Gasteiger partial charge on any atom is -0.352 e. The zero-order valence-corrected chi connectivity index (χ0v) is 20.3. The van der Waals surface area contributed by atoms with E-state index >= 15 is 0 Å². The number of aromatic nitrogens is 2. The molecular formula is C25H27ClN6O4. The summed E-state index contributed by atoms with van der Waals surface area (Å²) in [7, 11) is 0. The fourth-order valence-corrected chi connectivity index (χ4v) is 4.38. The Bertz CT molecular complexity index is 1320. The molecule has 1 fully saturated rings. The molecule has 0 radical (unpaired) electrons. The fraction of sp³-hybridized carbons (Fsp3) is 0.320. The Labute approximate surface area is 212 Å². The van der Waals surface area contributed by atoms with Crippen molar-refractivity contribution < 1.29 is 14.4 Å². The minimum atomic E-state index is -1.08. The van der Waals surface area contributed by atoms with E-state index in [4.69, 9.17) is 11.6 Å². The number of H-pyrrole nitrogens is 1. The van der Waals surface area contributed by atoms with Crippen LogP contribution < -0.4 is 26.8 Å². The van der Waals surface area contributed by atoms with Gasteiger partial charge < -0.3 is 21.3 Å². The highest BCUT2D eigenvalue weighted by Gasteiger charge is 2.40. The van der Waals surface area contributed by atoms with Gasteiger partial charge in [-0.2, -0.15) is 5.10 Å². The Morgan fingerprint density at radius 3 is 2.33 bits per heavy atom. The molecule has 0 unspecified atom stereocenters. The highest BCUT2D eigenvalue weighted by atomic mass is 35.5. The summed E-state index contributed by atoms with van der Waals surface area (Å²) >= 11 is 5.85. The Hall–Kier alpha value is -3.76. The second kappa shape index (κ2) is 11.3. The van der Waals surface area contributed by atoms with E-state index in [1.54, 1.807) is 48.5 Å². The van der Waals surface area contributed by atoms with Crippen molar-refractivity contribution in [2.24, 2.45) is 0 Å². The predicted octanol–water partition coefficient (Wildman–Crippen LogP) is 0.904. The first-order chi connectivity index (χ1) is 17.4. The second-order valence-electron chi connectivity index (χ2n) is 8.62. The summed E-state index contributed by atoms with van der Waals surface area (Å²) < 4.78 is 0. The summed E-state index contributed by atoms with van der Waals surface area (Å²) in [6.07, 6.45) is 0.750. The van der Waals surface area contributed by atoms with Crippen LogP contribution in [0.15, 0.2) is 53.3 Å². The van der Waals surface area contributed by atoms with Crippen LogP contribution in [0.25, 0.3) is 10.8 Å². The van der Waals surface area contributed by atoms with Crippen LogP contribution in [0.1, 0.15) is 28.9 Å². The maximum atomic E-state index is 13.2. The number of nitrogens with zero attached hydrogens (tertiary/aromatic N) is 1. The van der Waals surface area contributed by atoms with Gasteiger partial charge in [0.25, 0.3) is 11.5 Å². The van der Waals surface area contributed by atoms with Crippen molar-refractivity contribution >= 4 is 40.1 Å². The molecule has 1 aromatic heterocycles. The third-order valence-electron chi connectivity index (χ3n) is 6.18. The van der Waals surface area contributed by atoms with E-state index < -0.39 is 5.54 Å². The lowest BCUT2D eigenvalue weighted by Gasteiger charge is -2.37. The largest absolute Gasteiger partial charge is 0.352 e. The number of hydrogen-bond acceptors (Lipinski definition) is 6. The average Bonchev–Trinajstić information content (AvgIpc) is 2.89. The molecule has 11 heteroatoms. The Kier molecular flexibility index (Phi) is 7.97. The summed E-state index contributed by atoms with van der Waals surface area (Å²) in [6, 6.07) is 13.4. The molecule has 0 aliphatic carbocycles. The number of carbonyl (C=O) groups is 3. The van der Waals surface area contributed by atoms with E-state index in [2.05, 4.69) is 31.5 Å². The molecule has 0 bridgehead atoms. The van der Waals surface area contributed by atoms with Gasteiger partial charge in [-0.3, -0.25) is 19.2 Å². The van der Waals surface area contributed by atoms with Gasteiger partial charge in [0.15, 0.2) is 0 Å². The first kappa shape index (κ1) is 25.3. The van der Waals surface area contributed by atoms with Crippen LogP contribution in [0, 0.1) is 0 Å². The maximum Gasteiger partial charge on any atom is 0.272 e. The van der Waals surface area contributed by atoms with Crippen molar-refractivity contribution in [2.45, 2.75) is 24.8 Å². The lowest BCUT2D eigenvalue weighted by molar-refractivity contribution is -0.134. The van der Waals surface area contributed by atoms with Gasteiger partial charge in [0, 0.05) is 29.1 Å². The molecule has 188 valence electrons. The van der Waals surface area contributed by atoms with Gasteiger partial charge >= 0.3 is 0 Å². The Balaban J connectivity index is 1.36. The van der Waals surface area contributed by atoms with Gasteiger partial charge in [-0.25, -0.2) is 5.10 Å². The summed E-state index contributed by atoms with van der Waals surface area (Å²) in [6.45, 7) is 1.57. The summed E-state index contributed by atoms with van der Waals surface area (Å²) in [5, 5.41) is 19.8. The third kappa shape index (κ3) is 5.89. The number of hydrogen-bond donors (Lipinski definition) is 5. The van der Waals surface area contributed by atoms with Crippen LogP contribution in [0.5, 0.6) is 0 Å². The average molecular weight is 511 g/mol. The third-order valence-corrected chi connectivity index (χ3v) is 6.43. The summed E-state index contributed by atoms with van der Waals surface area (Å²) in [4.78, 5) is 50.4. The van der Waals surface area contributed by atoms with Gasteiger partial charge in [0.05, 0.1) is 17.5 Å². The molecule has 0 spiro atoms. The number of fused-ring (bicyclic) bond motifs is 1. The first-order valence-electron chi connectivity index (χ1n) is 11.7. The van der Waals surface area contributed by atoms with Crippen LogP contribution >= 0.6 is 11.6 Å². The molecule has 0 atom stereocenters. The van der Waals surface area contributed by atoms with E-state index in [0.717, 1.165) is 0 Å². The van der Waals surface area contributed by atoms with Gasteiger partial charge in [0.1, 0.15) is 5.54 Å². The number of rotatable bonds is 8. The number of amides is 3. The van der Waals surface area contributed by atoms with Gasteiger partial charge in [-0.05, 0) is 56.3 Å². The van der Waals surface area contributed by atoms with Gasteiger partial charge in [0.2, 0.25) is 11.8 Å². The number of piperidine rings is 1. The fourth-order valence-electron chi connectivity index (χ4n) is 4.26. The SMILES string of the molecule is O=C(Cc1n[nH]c(=O)c2ccccc12)NC1(C(=O)NCCNC(=O)c2ccc(Cl)cc2)CCNCC1. The lowest BCUT2D eigenvalue weighted by atomic mass is 9.87. The lowest BCUT2D eigenvalue weighted by Crippen LogP contribution is -2.63. The van der Waals surface area contributed by atoms with Crippen LogP contribution in [0.4, 0.5) is 0 Å². The van der Waals surface area contributed by atoms with Crippen LogP contribution in [0.3, 0.4) is 0 Å². The molecule has 0 saturated carbocycles. The maximum absolute atomic E-state index is 13.2. The molecule has 36 heavy (non-hydrogen) atoms. The van der Waals surface area contributed by atoms with Gasteiger partial charge in [-0.1, -0.05) is 29.8 Å². The highest BCUT2D eigenvalue weighted by molar-refractivity contribution is 6.30. The van der Waals surface area contributed by atoms with Crippen molar-refractivity contribution in [3.05, 3.63) is 75.2 Å². The zero-order chi connectivity index (χ0) is 25.5. The molecule has 1 aliphatic heterocycles. The van der Waals surface area contributed by atoms with Crippen LogP contribution in [-0.4, -0.2) is 59.6 Å². The number of aromatic amines is 1. The molecule has 1 saturated heterocycles. The predicted molar refractivity (Wildman–Crippen MR) is 136 cm³/mol. The minimum absolute atomic E-state index is 0.0864. The van der Waals surface area contributed by atoms with E-state index in [0.29, 0.717) is 53.0 Å². The molecular weight excluding hydrogens is 484 g/mol. The molecule has 5 N–H and O–H groups in total. The summed E-state index contributed by atoms with van der Waals surface area (Å²) in [5.41, 5.74) is -0.513. The molecule has 3 aromatic rings. The highest BCUT2D eigenvalue weighted by Crippen LogP contribution is 2.20. The zero-order valence-electron chi connectivity index (χ0n) is 19.5. The molecule has 1 aliphatic rings. The van der Waals surface area contributed by atoms with E-state index in [9.17, 15) is 19.2 Å². The molecule has 4 rings (SSSR count). The van der Waals surface area contributed by atoms with Crippen molar-refractivity contribution in [1.82, 2.24) is 31.5 Å². The number of nitrogens with one attached hydrogen (secondary N) is 5. The van der Waals surface area contributed by atoms with Gasteiger partial charge in [-0.15, -0.1) is 0 Å². The van der Waals surface area contributed by atoms with E-state index in [-0.39, 0.29) is 42.8 Å². The van der Waals surface area contributed by atoms with E-state index in [1.165, 1.54) is 0 Å². The number of halogens is 1. The molecule has 2 heterocycles. The molecule has 3 amide bonds. The topological polar surface area (TPSA) is 145 Å². The van der Waals surface area contributed by atoms with Crippen LogP contribution in [0.2, 0.25) is 5.02 Å². The first-order valence-corrected chi connectivity index (χ1v) is 12.1. The summed E-state index contributed by atoms with van der Waals surface area (Å²) in [5.74, 6) is -0.948. The normalized spacial score (nSPS) is 14.7. The van der Waals surface area contributed by atoms with Crippen molar-refractivity contribution in [2.75, 3.05) is 26.2 Å². The van der Waals surface area contributed by atoms with Crippen molar-refractivity contribution in [1.29, 1.82) is 0 Å². The number of benzene rings is 2. The molecule has 10 nitrogen and oxygen atoms in total. The smallest absolute Gasteiger partial charge is 0.272 e.